The van der Waals surface area contributed by atoms with Crippen molar-refractivity contribution < 1.29 is 4.79 Å². The number of Topliss-reactive ketones (excluding diaryl/α,β-unsaturated/α-hetero) is 1. The zero-order valence-corrected chi connectivity index (χ0v) is 11.2. The van der Waals surface area contributed by atoms with Crippen LogP contribution in [0.5, 0.6) is 0 Å². The second-order valence-corrected chi connectivity index (χ2v) is 4.11. The van der Waals surface area contributed by atoms with Crippen molar-refractivity contribution in [3.05, 3.63) is 72.9 Å². The molecule has 4 nitrogen and oxygen atoms in total. The van der Waals surface area contributed by atoms with Crippen LogP contribution in [0.2, 0.25) is 0 Å². The van der Waals surface area contributed by atoms with Crippen LogP contribution in [0.15, 0.2) is 67.4 Å². The molecule has 0 aliphatic rings. The summed E-state index contributed by atoms with van der Waals surface area (Å²) in [5.74, 6) is 0.103. The molecule has 0 atom stereocenters. The van der Waals surface area contributed by atoms with E-state index in [2.05, 4.69) is 15.0 Å². The van der Waals surface area contributed by atoms with Crippen LogP contribution >= 0.6 is 0 Å². The number of nitrogens with zero attached hydrogens (tertiary/aromatic N) is 2. The predicted octanol–water partition coefficient (Wildman–Crippen LogP) is 3.36. The third-order valence-corrected chi connectivity index (χ3v) is 2.63. The topological polar surface area (TPSA) is 58.6 Å². The Morgan fingerprint density at radius 1 is 1.10 bits per heavy atom. The van der Waals surface area contributed by atoms with Gasteiger partial charge in [-0.2, -0.15) is 0 Å². The van der Waals surface area contributed by atoms with E-state index in [9.17, 15) is 4.79 Å². The Bertz CT molecular complexity index is 597. The summed E-state index contributed by atoms with van der Waals surface area (Å²) in [6.45, 7) is 1.54. The number of carbonyl (C=O) groups is 1. The average Bonchev–Trinajstić information content (AvgIpc) is 3.04. The molecule has 0 spiro atoms. The molecule has 20 heavy (non-hydrogen) atoms. The third kappa shape index (κ3) is 3.88. The summed E-state index contributed by atoms with van der Waals surface area (Å²) in [4.78, 5) is 21.5. The van der Waals surface area contributed by atoms with Gasteiger partial charge in [0.05, 0.1) is 5.69 Å². The van der Waals surface area contributed by atoms with Crippen LogP contribution in [0.3, 0.4) is 0 Å². The van der Waals surface area contributed by atoms with Crippen molar-refractivity contribution in [2.24, 2.45) is 0 Å². The quantitative estimate of drug-likeness (QED) is 0.723. The second kappa shape index (κ2) is 6.99. The normalized spacial score (nSPS) is 9.45. The van der Waals surface area contributed by atoms with E-state index in [1.165, 1.54) is 0 Å². The molecular weight excluding hydrogens is 250 g/mol. The zero-order valence-electron chi connectivity index (χ0n) is 11.2. The Hall–Kier alpha value is -2.75. The summed E-state index contributed by atoms with van der Waals surface area (Å²) >= 11 is 0. The fourth-order valence-corrected chi connectivity index (χ4v) is 1.59. The van der Waals surface area contributed by atoms with E-state index >= 15 is 0 Å². The maximum atomic E-state index is 10.5. The van der Waals surface area contributed by atoms with E-state index in [0.29, 0.717) is 0 Å². The van der Waals surface area contributed by atoms with Crippen molar-refractivity contribution in [1.82, 2.24) is 15.0 Å². The first kappa shape index (κ1) is 13.7. The van der Waals surface area contributed by atoms with E-state index in [4.69, 9.17) is 0 Å². The van der Waals surface area contributed by atoms with Gasteiger partial charge in [-0.25, -0.2) is 0 Å². The molecule has 0 saturated carbocycles. The molecule has 100 valence electrons. The van der Waals surface area contributed by atoms with Crippen molar-refractivity contribution in [1.29, 1.82) is 0 Å². The molecule has 4 heteroatoms. The molecular formula is C16H15N3O. The number of rotatable bonds is 2. The van der Waals surface area contributed by atoms with Crippen LogP contribution in [0.4, 0.5) is 0 Å². The van der Waals surface area contributed by atoms with Gasteiger partial charge >= 0.3 is 0 Å². The van der Waals surface area contributed by atoms with Gasteiger partial charge in [-0.3, -0.25) is 14.8 Å². The van der Waals surface area contributed by atoms with Gasteiger partial charge in [0.2, 0.25) is 0 Å². The highest BCUT2D eigenvalue weighted by Crippen LogP contribution is 2.12. The smallest absolute Gasteiger partial charge is 0.161 e. The first-order valence-corrected chi connectivity index (χ1v) is 6.22. The summed E-state index contributed by atoms with van der Waals surface area (Å²) in [6, 6.07) is 11.5. The molecule has 3 aromatic heterocycles. The first-order valence-electron chi connectivity index (χ1n) is 6.22. The van der Waals surface area contributed by atoms with Crippen LogP contribution in [0.1, 0.15) is 17.3 Å². The highest BCUT2D eigenvalue weighted by molar-refractivity contribution is 5.93. The molecule has 3 rings (SSSR count). The van der Waals surface area contributed by atoms with Crippen LogP contribution in [-0.2, 0) is 0 Å². The monoisotopic (exact) mass is 265 g/mol. The number of pyridine rings is 2. The van der Waals surface area contributed by atoms with Gasteiger partial charge in [0.15, 0.2) is 5.78 Å². The van der Waals surface area contributed by atoms with Crippen LogP contribution in [-0.4, -0.2) is 20.7 Å². The number of ketones is 1. The molecule has 0 fully saturated rings. The summed E-state index contributed by atoms with van der Waals surface area (Å²) in [5.41, 5.74) is 2.76. The second-order valence-electron chi connectivity index (χ2n) is 4.11. The number of hydrogen-bond acceptors (Lipinski definition) is 3. The molecule has 0 unspecified atom stereocenters. The molecule has 0 saturated heterocycles. The standard InChI is InChI=1S/C10H8N2.C6H7NO/c1-2-7-12-10(5-1)9-4-3-6-11-8-9;1-5(8)6-2-3-7-4-6/h1-8H;2-4,7H,1H3. The lowest BCUT2D eigenvalue weighted by Crippen LogP contribution is -1.85. The SMILES string of the molecule is CC(=O)c1cc[nH]c1.c1ccc(-c2cccnc2)nc1. The zero-order chi connectivity index (χ0) is 14.2. The van der Waals surface area contributed by atoms with Crippen molar-refractivity contribution in [2.45, 2.75) is 6.92 Å². The first-order chi connectivity index (χ1) is 9.77. The van der Waals surface area contributed by atoms with Crippen LogP contribution in [0.25, 0.3) is 11.3 Å². The van der Waals surface area contributed by atoms with E-state index in [0.717, 1.165) is 16.8 Å². The highest BCUT2D eigenvalue weighted by atomic mass is 16.1. The van der Waals surface area contributed by atoms with Gasteiger partial charge in [0.1, 0.15) is 0 Å². The fraction of sp³-hybridized carbons (Fsp3) is 0.0625. The van der Waals surface area contributed by atoms with Gasteiger partial charge in [-0.05, 0) is 37.3 Å². The molecule has 0 radical (unpaired) electrons. The van der Waals surface area contributed by atoms with Crippen LogP contribution in [0, 0.1) is 0 Å². The minimum Gasteiger partial charge on any atom is -0.367 e. The fourth-order valence-electron chi connectivity index (χ4n) is 1.59. The lowest BCUT2D eigenvalue weighted by atomic mass is 10.2. The largest absolute Gasteiger partial charge is 0.367 e. The highest BCUT2D eigenvalue weighted by Gasteiger charge is 1.95. The van der Waals surface area contributed by atoms with Gasteiger partial charge in [-0.15, -0.1) is 0 Å². The summed E-state index contributed by atoms with van der Waals surface area (Å²) < 4.78 is 0. The average molecular weight is 265 g/mol. The van der Waals surface area contributed by atoms with Crippen molar-refractivity contribution in [3.63, 3.8) is 0 Å². The summed E-state index contributed by atoms with van der Waals surface area (Å²) in [6.07, 6.45) is 8.76. The van der Waals surface area contributed by atoms with Gasteiger partial charge < -0.3 is 4.98 Å². The third-order valence-electron chi connectivity index (χ3n) is 2.63. The molecule has 0 bridgehead atoms. The lowest BCUT2D eigenvalue weighted by molar-refractivity contribution is 0.101. The maximum Gasteiger partial charge on any atom is 0.161 e. The molecule has 0 aliphatic carbocycles. The molecule has 3 aromatic rings. The molecule has 0 amide bonds. The van der Waals surface area contributed by atoms with Crippen LogP contribution < -0.4 is 0 Å². The van der Waals surface area contributed by atoms with Gasteiger partial charge in [0, 0.05) is 42.1 Å². The number of aromatic amines is 1. The molecule has 1 N–H and O–H groups in total. The van der Waals surface area contributed by atoms with Gasteiger partial charge in [-0.1, -0.05) is 6.07 Å². The van der Waals surface area contributed by atoms with Gasteiger partial charge in [0.25, 0.3) is 0 Å². The summed E-state index contributed by atoms with van der Waals surface area (Å²) in [5, 5.41) is 0. The Labute approximate surface area is 117 Å². The van der Waals surface area contributed by atoms with E-state index < -0.39 is 0 Å². The summed E-state index contributed by atoms with van der Waals surface area (Å²) in [7, 11) is 0. The molecule has 3 heterocycles. The van der Waals surface area contributed by atoms with Crippen molar-refractivity contribution >= 4 is 5.78 Å². The number of H-pyrrole nitrogens is 1. The number of hydrogen-bond donors (Lipinski definition) is 1. The Morgan fingerprint density at radius 3 is 2.50 bits per heavy atom. The molecule has 0 aliphatic heterocycles. The Balaban J connectivity index is 0.000000160. The van der Waals surface area contributed by atoms with Crippen molar-refractivity contribution in [2.75, 3.05) is 0 Å². The molecule has 0 aromatic carbocycles. The maximum absolute atomic E-state index is 10.5. The predicted molar refractivity (Wildman–Crippen MR) is 78.3 cm³/mol. The minimum atomic E-state index is 0.103. The van der Waals surface area contributed by atoms with E-state index in [1.54, 1.807) is 37.8 Å². The van der Waals surface area contributed by atoms with E-state index in [-0.39, 0.29) is 5.78 Å². The number of aromatic nitrogens is 3. The van der Waals surface area contributed by atoms with E-state index in [1.807, 2.05) is 36.5 Å². The lowest BCUT2D eigenvalue weighted by Gasteiger charge is -1.96. The number of carbonyl (C=O) groups excluding carboxylic acids is 1. The Kier molecular flexibility index (Phi) is 4.78. The number of nitrogens with one attached hydrogen (secondary N) is 1. The van der Waals surface area contributed by atoms with Crippen molar-refractivity contribution in [3.8, 4) is 11.3 Å². The Morgan fingerprint density at radius 2 is 2.00 bits per heavy atom. The minimum absolute atomic E-state index is 0.103.